The zero-order valence-corrected chi connectivity index (χ0v) is 19.7. The summed E-state index contributed by atoms with van der Waals surface area (Å²) in [4.78, 5) is 23.0. The van der Waals surface area contributed by atoms with E-state index in [0.29, 0.717) is 28.5 Å². The van der Waals surface area contributed by atoms with Crippen LogP contribution in [0.25, 0.3) is 34.4 Å². The first-order valence-electron chi connectivity index (χ1n) is 11.2. The van der Waals surface area contributed by atoms with Crippen molar-refractivity contribution in [3.05, 3.63) is 99.9 Å². The van der Waals surface area contributed by atoms with Gasteiger partial charge in [0.2, 0.25) is 17.7 Å². The van der Waals surface area contributed by atoms with Crippen molar-refractivity contribution >= 4 is 11.7 Å². The fourth-order valence-electron chi connectivity index (χ4n) is 3.42. The first-order valence-corrected chi connectivity index (χ1v) is 11.2. The molecule has 0 radical (unpaired) electrons. The minimum atomic E-state index is -0.820. The van der Waals surface area contributed by atoms with E-state index in [0.717, 1.165) is 11.1 Å². The summed E-state index contributed by atoms with van der Waals surface area (Å²) in [6.07, 6.45) is -0.820. The standard InChI is InChI=1S/C26H19N5O6/c1-15-3-5-17(6-4-15)24-29-30-25(37-24)18-7-9-20(10-8-18)26(32)35-16(2)22-27-28-23(36-22)19-11-13-21(14-12-19)31(33)34/h3-14,16H,1-2H3. The van der Waals surface area contributed by atoms with E-state index in [1.54, 1.807) is 31.2 Å². The van der Waals surface area contributed by atoms with Crippen molar-refractivity contribution in [2.24, 2.45) is 0 Å². The molecule has 0 saturated heterocycles. The number of hydrogen-bond donors (Lipinski definition) is 0. The number of non-ortho nitro benzene ring substituents is 1. The molecule has 0 amide bonds. The van der Waals surface area contributed by atoms with E-state index in [-0.39, 0.29) is 17.5 Å². The summed E-state index contributed by atoms with van der Waals surface area (Å²) in [6, 6.07) is 20.0. The van der Waals surface area contributed by atoms with E-state index in [1.807, 2.05) is 31.2 Å². The third kappa shape index (κ3) is 5.10. The molecule has 1 unspecified atom stereocenters. The summed E-state index contributed by atoms with van der Waals surface area (Å²) in [7, 11) is 0. The molecule has 0 aliphatic carbocycles. The minimum absolute atomic E-state index is 0.0531. The van der Waals surface area contributed by atoms with E-state index < -0.39 is 17.0 Å². The Morgan fingerprint density at radius 2 is 1.27 bits per heavy atom. The van der Waals surface area contributed by atoms with Gasteiger partial charge >= 0.3 is 5.97 Å². The molecule has 37 heavy (non-hydrogen) atoms. The maximum atomic E-state index is 12.6. The van der Waals surface area contributed by atoms with Gasteiger partial charge in [0.05, 0.1) is 10.5 Å². The number of aromatic nitrogens is 4. The first kappa shape index (κ1) is 23.5. The molecule has 0 spiro atoms. The van der Waals surface area contributed by atoms with Crippen molar-refractivity contribution in [2.75, 3.05) is 0 Å². The van der Waals surface area contributed by atoms with Crippen molar-refractivity contribution in [2.45, 2.75) is 20.0 Å². The van der Waals surface area contributed by atoms with Gasteiger partial charge in [-0.2, -0.15) is 0 Å². The molecule has 184 valence electrons. The molecule has 5 rings (SSSR count). The molecule has 2 aromatic heterocycles. The smallest absolute Gasteiger partial charge is 0.338 e. The Kier molecular flexibility index (Phi) is 6.25. The van der Waals surface area contributed by atoms with Crippen LogP contribution < -0.4 is 0 Å². The van der Waals surface area contributed by atoms with Crippen LogP contribution in [-0.2, 0) is 4.74 Å². The lowest BCUT2D eigenvalue weighted by atomic mass is 10.1. The van der Waals surface area contributed by atoms with E-state index in [1.165, 1.54) is 24.3 Å². The zero-order valence-electron chi connectivity index (χ0n) is 19.7. The third-order valence-corrected chi connectivity index (χ3v) is 5.49. The average molecular weight is 497 g/mol. The van der Waals surface area contributed by atoms with Crippen molar-refractivity contribution in [3.63, 3.8) is 0 Å². The quantitative estimate of drug-likeness (QED) is 0.158. The van der Waals surface area contributed by atoms with Gasteiger partial charge in [0.1, 0.15) is 0 Å². The van der Waals surface area contributed by atoms with Crippen molar-refractivity contribution in [1.29, 1.82) is 0 Å². The molecule has 0 aliphatic rings. The van der Waals surface area contributed by atoms with Crippen LogP contribution in [0.1, 0.15) is 34.8 Å². The van der Waals surface area contributed by atoms with Gasteiger partial charge in [-0.25, -0.2) is 4.79 Å². The number of hydrogen-bond acceptors (Lipinski definition) is 10. The molecule has 0 fully saturated rings. The summed E-state index contributed by atoms with van der Waals surface area (Å²) in [5, 5.41) is 26.9. The van der Waals surface area contributed by atoms with Crippen LogP contribution in [0.4, 0.5) is 5.69 Å². The zero-order chi connectivity index (χ0) is 25.9. The molecular formula is C26H19N5O6. The van der Waals surface area contributed by atoms with Crippen LogP contribution in [0.15, 0.2) is 81.6 Å². The lowest BCUT2D eigenvalue weighted by Crippen LogP contribution is -2.09. The normalized spacial score (nSPS) is 11.7. The summed E-state index contributed by atoms with van der Waals surface area (Å²) in [5.74, 6) is 0.392. The summed E-state index contributed by atoms with van der Waals surface area (Å²) >= 11 is 0. The van der Waals surface area contributed by atoms with Gasteiger partial charge in [0.25, 0.3) is 11.6 Å². The van der Waals surface area contributed by atoms with Crippen LogP contribution in [0.3, 0.4) is 0 Å². The predicted octanol–water partition coefficient (Wildman–Crippen LogP) is 5.59. The number of carbonyl (C=O) groups is 1. The van der Waals surface area contributed by atoms with Gasteiger partial charge in [-0.05, 0) is 62.4 Å². The number of benzene rings is 3. The molecule has 3 aromatic carbocycles. The monoisotopic (exact) mass is 497 g/mol. The van der Waals surface area contributed by atoms with Gasteiger partial charge in [-0.1, -0.05) is 17.7 Å². The van der Waals surface area contributed by atoms with Crippen LogP contribution in [0, 0.1) is 17.0 Å². The number of nitro groups is 1. The number of nitro benzene ring substituents is 1. The third-order valence-electron chi connectivity index (χ3n) is 5.49. The highest BCUT2D eigenvalue weighted by molar-refractivity contribution is 5.90. The minimum Gasteiger partial charge on any atom is -0.449 e. The molecule has 11 heteroatoms. The maximum absolute atomic E-state index is 12.6. The van der Waals surface area contributed by atoms with Gasteiger partial charge in [-0.3, -0.25) is 10.1 Å². The van der Waals surface area contributed by atoms with Crippen LogP contribution >= 0.6 is 0 Å². The molecule has 2 heterocycles. The van der Waals surface area contributed by atoms with E-state index in [4.69, 9.17) is 13.6 Å². The van der Waals surface area contributed by atoms with E-state index in [9.17, 15) is 14.9 Å². The Morgan fingerprint density at radius 3 is 1.84 bits per heavy atom. The molecule has 0 saturated carbocycles. The van der Waals surface area contributed by atoms with Crippen molar-refractivity contribution < 1.29 is 23.3 Å². The van der Waals surface area contributed by atoms with E-state index >= 15 is 0 Å². The van der Waals surface area contributed by atoms with Gasteiger partial charge < -0.3 is 13.6 Å². The maximum Gasteiger partial charge on any atom is 0.338 e. The molecule has 11 nitrogen and oxygen atoms in total. The Hall–Kier alpha value is -5.19. The summed E-state index contributed by atoms with van der Waals surface area (Å²) < 4.78 is 16.8. The van der Waals surface area contributed by atoms with Gasteiger partial charge in [0, 0.05) is 28.8 Å². The van der Waals surface area contributed by atoms with Crippen LogP contribution in [-0.4, -0.2) is 31.3 Å². The molecule has 0 aliphatic heterocycles. The van der Waals surface area contributed by atoms with Crippen LogP contribution in [0.2, 0.25) is 0 Å². The average Bonchev–Trinajstić information content (AvgIpc) is 3.60. The Morgan fingerprint density at radius 1 is 0.784 bits per heavy atom. The molecule has 1 atom stereocenters. The largest absolute Gasteiger partial charge is 0.449 e. The second-order valence-electron chi connectivity index (χ2n) is 8.15. The molecule has 0 N–H and O–H groups in total. The van der Waals surface area contributed by atoms with Crippen molar-refractivity contribution in [3.8, 4) is 34.4 Å². The summed E-state index contributed by atoms with van der Waals surface area (Å²) in [5.41, 5.74) is 3.36. The van der Waals surface area contributed by atoms with Crippen LogP contribution in [0.5, 0.6) is 0 Å². The number of carbonyl (C=O) groups excluding carboxylic acids is 1. The number of esters is 1. The molecule has 5 aromatic rings. The number of ether oxygens (including phenoxy) is 1. The second-order valence-corrected chi connectivity index (χ2v) is 8.15. The first-order chi connectivity index (χ1) is 17.9. The fraction of sp³-hybridized carbons (Fsp3) is 0.115. The Labute approximate surface area is 209 Å². The summed E-state index contributed by atoms with van der Waals surface area (Å²) in [6.45, 7) is 3.60. The lowest BCUT2D eigenvalue weighted by molar-refractivity contribution is -0.384. The second kappa shape index (κ2) is 9.82. The highest BCUT2D eigenvalue weighted by Crippen LogP contribution is 2.27. The Balaban J connectivity index is 1.24. The number of rotatable bonds is 7. The molecular weight excluding hydrogens is 478 g/mol. The van der Waals surface area contributed by atoms with E-state index in [2.05, 4.69) is 20.4 Å². The number of aryl methyl sites for hydroxylation is 1. The SMILES string of the molecule is Cc1ccc(-c2nnc(-c3ccc(C(=O)OC(C)c4nnc(-c5ccc([N+](=O)[O-])cc5)o4)cc3)o2)cc1. The van der Waals surface area contributed by atoms with Gasteiger partial charge in [0.15, 0.2) is 6.10 Å². The Bertz CT molecular complexity index is 1560. The van der Waals surface area contributed by atoms with Gasteiger partial charge in [-0.15, -0.1) is 20.4 Å². The number of nitrogens with zero attached hydrogens (tertiary/aromatic N) is 5. The highest BCUT2D eigenvalue weighted by atomic mass is 16.6. The lowest BCUT2D eigenvalue weighted by Gasteiger charge is -2.09. The predicted molar refractivity (Wildman–Crippen MR) is 130 cm³/mol. The fourth-order valence-corrected chi connectivity index (χ4v) is 3.42. The topological polar surface area (TPSA) is 147 Å². The van der Waals surface area contributed by atoms with Crippen molar-refractivity contribution in [1.82, 2.24) is 20.4 Å². The molecule has 0 bridgehead atoms. The highest BCUT2D eigenvalue weighted by Gasteiger charge is 2.21.